The fourth-order valence-electron chi connectivity index (χ4n) is 2.47. The van der Waals surface area contributed by atoms with Crippen LogP contribution in [-0.4, -0.2) is 13.0 Å². The summed E-state index contributed by atoms with van der Waals surface area (Å²) in [4.78, 5) is 0.299. The number of sulfone groups is 1. The van der Waals surface area contributed by atoms with Gasteiger partial charge in [-0.2, -0.15) is 0 Å². The highest BCUT2D eigenvalue weighted by Gasteiger charge is 2.26. The average Bonchev–Trinajstić information content (AvgIpc) is 2.93. The molecule has 0 saturated carbocycles. The Bertz CT molecular complexity index is 879. The first-order valence-corrected chi connectivity index (χ1v) is 8.16. The topological polar surface area (TPSA) is 39.1 Å². The van der Waals surface area contributed by atoms with Crippen molar-refractivity contribution in [3.05, 3.63) is 79.5 Å². The maximum absolute atomic E-state index is 12.8. The number of rotatable bonds is 4. The van der Waals surface area contributed by atoms with E-state index in [0.717, 1.165) is 10.9 Å². The Morgan fingerprint density at radius 2 is 1.62 bits per heavy atom. The van der Waals surface area contributed by atoms with Gasteiger partial charge in [0, 0.05) is 11.7 Å². The smallest absolute Gasteiger partial charge is 0.203 e. The minimum atomic E-state index is -3.52. The summed E-state index contributed by atoms with van der Waals surface area (Å²) in [5, 5.41) is 0.187. The number of benzene rings is 2. The van der Waals surface area contributed by atoms with Crippen LogP contribution in [0.2, 0.25) is 0 Å². The van der Waals surface area contributed by atoms with Crippen molar-refractivity contribution in [2.45, 2.75) is 10.3 Å². The van der Waals surface area contributed by atoms with Gasteiger partial charge in [0.2, 0.25) is 9.84 Å². The highest BCUT2D eigenvalue weighted by Crippen LogP contribution is 2.29. The maximum Gasteiger partial charge on any atom is 0.203 e. The van der Waals surface area contributed by atoms with Gasteiger partial charge in [-0.15, -0.1) is 0 Å². The molecule has 1 unspecified atom stereocenters. The van der Waals surface area contributed by atoms with Crippen molar-refractivity contribution in [1.82, 2.24) is 4.57 Å². The van der Waals surface area contributed by atoms with Crippen LogP contribution >= 0.6 is 0 Å². The molecule has 0 bridgehead atoms. The molecule has 0 aliphatic rings. The van der Waals surface area contributed by atoms with E-state index in [1.165, 1.54) is 6.08 Å². The predicted octanol–water partition coefficient (Wildman–Crippen LogP) is 3.80. The number of para-hydroxylation sites is 1. The summed E-state index contributed by atoms with van der Waals surface area (Å²) in [5.41, 5.74) is 0.877. The van der Waals surface area contributed by atoms with E-state index in [-0.39, 0.29) is 0 Å². The van der Waals surface area contributed by atoms with Gasteiger partial charge in [-0.25, -0.2) is 8.42 Å². The van der Waals surface area contributed by atoms with E-state index >= 15 is 0 Å². The van der Waals surface area contributed by atoms with Gasteiger partial charge < -0.3 is 4.57 Å². The Balaban J connectivity index is 2.17. The van der Waals surface area contributed by atoms with Gasteiger partial charge in [0.05, 0.1) is 4.90 Å². The number of hydrogen-bond acceptors (Lipinski definition) is 2. The molecular formula is C17H15NO2S. The minimum Gasteiger partial charge on any atom is -0.326 e. The lowest BCUT2D eigenvalue weighted by molar-refractivity contribution is 0.574. The summed E-state index contributed by atoms with van der Waals surface area (Å²) >= 11 is 0. The van der Waals surface area contributed by atoms with Gasteiger partial charge in [0.25, 0.3) is 0 Å². The molecule has 0 aliphatic carbocycles. The number of fused-ring (bicyclic) bond motifs is 1. The summed E-state index contributed by atoms with van der Waals surface area (Å²) in [6.07, 6.45) is 3.26. The third-order valence-electron chi connectivity index (χ3n) is 3.50. The molecule has 1 atom stereocenters. The minimum absolute atomic E-state index is 0.299. The van der Waals surface area contributed by atoms with Crippen molar-refractivity contribution in [2.24, 2.45) is 0 Å². The van der Waals surface area contributed by atoms with Crippen molar-refractivity contribution in [1.29, 1.82) is 0 Å². The summed E-state index contributed by atoms with van der Waals surface area (Å²) in [6.45, 7) is 3.72. The van der Waals surface area contributed by atoms with Gasteiger partial charge in [-0.1, -0.05) is 49.1 Å². The van der Waals surface area contributed by atoms with Crippen LogP contribution in [0.25, 0.3) is 10.9 Å². The summed E-state index contributed by atoms with van der Waals surface area (Å²) in [5.74, 6) is 0. The van der Waals surface area contributed by atoms with Crippen LogP contribution < -0.4 is 0 Å². The SMILES string of the molecule is C=CC(n1ccc2ccccc21)S(=O)(=O)c1ccccc1. The molecule has 0 fully saturated rings. The Hall–Kier alpha value is -2.33. The highest BCUT2D eigenvalue weighted by atomic mass is 32.2. The Kier molecular flexibility index (Phi) is 3.39. The van der Waals surface area contributed by atoms with Crippen LogP contribution in [0.4, 0.5) is 0 Å². The molecule has 0 aliphatic heterocycles. The summed E-state index contributed by atoms with van der Waals surface area (Å²) < 4.78 is 27.4. The van der Waals surface area contributed by atoms with Crippen LogP contribution in [0.3, 0.4) is 0 Å². The van der Waals surface area contributed by atoms with Crippen LogP contribution in [0.1, 0.15) is 5.37 Å². The van der Waals surface area contributed by atoms with Gasteiger partial charge in [-0.3, -0.25) is 0 Å². The Morgan fingerprint density at radius 3 is 2.33 bits per heavy atom. The molecule has 21 heavy (non-hydrogen) atoms. The number of aromatic nitrogens is 1. The van der Waals surface area contributed by atoms with Crippen LogP contribution in [-0.2, 0) is 9.84 Å². The van der Waals surface area contributed by atoms with Gasteiger partial charge >= 0.3 is 0 Å². The molecule has 0 spiro atoms. The summed E-state index contributed by atoms with van der Waals surface area (Å²) in [7, 11) is -3.52. The number of hydrogen-bond donors (Lipinski definition) is 0. The molecule has 106 valence electrons. The van der Waals surface area contributed by atoms with Crippen molar-refractivity contribution < 1.29 is 8.42 Å². The molecule has 3 aromatic rings. The van der Waals surface area contributed by atoms with Crippen LogP contribution in [0, 0.1) is 0 Å². The van der Waals surface area contributed by atoms with Crippen LogP contribution in [0.15, 0.2) is 84.4 Å². The standard InChI is InChI=1S/C17H15NO2S/c1-2-17(21(19,20)15-9-4-3-5-10-15)18-13-12-14-8-6-7-11-16(14)18/h2-13,17H,1H2. The normalized spacial score (nSPS) is 13.1. The average molecular weight is 297 g/mol. The molecule has 0 N–H and O–H groups in total. The quantitative estimate of drug-likeness (QED) is 0.687. The maximum atomic E-state index is 12.8. The molecule has 1 aromatic heterocycles. The predicted molar refractivity (Wildman–Crippen MR) is 84.8 cm³/mol. The molecule has 3 rings (SSSR count). The van der Waals surface area contributed by atoms with Crippen molar-refractivity contribution in [2.75, 3.05) is 0 Å². The van der Waals surface area contributed by atoms with Crippen molar-refractivity contribution >= 4 is 20.7 Å². The molecule has 1 heterocycles. The monoisotopic (exact) mass is 297 g/mol. The molecule has 0 amide bonds. The van der Waals surface area contributed by atoms with E-state index < -0.39 is 15.2 Å². The lowest BCUT2D eigenvalue weighted by atomic mass is 10.2. The van der Waals surface area contributed by atoms with E-state index in [9.17, 15) is 8.42 Å². The summed E-state index contributed by atoms with van der Waals surface area (Å²) in [6, 6.07) is 18.1. The van der Waals surface area contributed by atoms with Crippen molar-refractivity contribution in [3.8, 4) is 0 Å². The highest BCUT2D eigenvalue weighted by molar-refractivity contribution is 7.91. The van der Waals surface area contributed by atoms with E-state index in [0.29, 0.717) is 4.90 Å². The number of nitrogens with zero attached hydrogens (tertiary/aromatic N) is 1. The van der Waals surface area contributed by atoms with E-state index in [4.69, 9.17) is 0 Å². The zero-order valence-electron chi connectivity index (χ0n) is 11.4. The van der Waals surface area contributed by atoms with E-state index in [1.54, 1.807) is 41.1 Å². The lowest BCUT2D eigenvalue weighted by Crippen LogP contribution is -2.17. The molecular weight excluding hydrogens is 282 g/mol. The zero-order chi connectivity index (χ0) is 14.9. The molecule has 4 heteroatoms. The molecule has 0 radical (unpaired) electrons. The Labute approximate surface area is 124 Å². The zero-order valence-corrected chi connectivity index (χ0v) is 12.2. The first kappa shape index (κ1) is 13.6. The first-order valence-electron chi connectivity index (χ1n) is 6.61. The van der Waals surface area contributed by atoms with Crippen LogP contribution in [0.5, 0.6) is 0 Å². The fraction of sp³-hybridized carbons (Fsp3) is 0.0588. The Morgan fingerprint density at radius 1 is 0.952 bits per heavy atom. The molecule has 0 saturated heterocycles. The first-order chi connectivity index (χ1) is 10.1. The van der Waals surface area contributed by atoms with Gasteiger partial charge in [-0.05, 0) is 29.7 Å². The van der Waals surface area contributed by atoms with Gasteiger partial charge in [0.15, 0.2) is 5.37 Å². The van der Waals surface area contributed by atoms with E-state index in [1.807, 2.05) is 30.3 Å². The lowest BCUT2D eigenvalue weighted by Gasteiger charge is -2.17. The second kappa shape index (κ2) is 5.22. The van der Waals surface area contributed by atoms with E-state index in [2.05, 4.69) is 6.58 Å². The van der Waals surface area contributed by atoms with Crippen molar-refractivity contribution in [3.63, 3.8) is 0 Å². The third kappa shape index (κ3) is 2.28. The van der Waals surface area contributed by atoms with Gasteiger partial charge in [0.1, 0.15) is 0 Å². The second-order valence-electron chi connectivity index (χ2n) is 4.77. The molecule has 2 aromatic carbocycles. The largest absolute Gasteiger partial charge is 0.326 e. The second-order valence-corrected chi connectivity index (χ2v) is 6.81. The molecule has 3 nitrogen and oxygen atoms in total. The fourth-order valence-corrected chi connectivity index (χ4v) is 4.02. The third-order valence-corrected chi connectivity index (χ3v) is 5.48.